The Bertz CT molecular complexity index is 847. The predicted octanol–water partition coefficient (Wildman–Crippen LogP) is 2.79. The minimum absolute atomic E-state index is 0.000522. The van der Waals surface area contributed by atoms with Crippen molar-refractivity contribution in [1.82, 2.24) is 25.4 Å². The number of nitrogens with one attached hydrogen (secondary N) is 2. The van der Waals surface area contributed by atoms with E-state index >= 15 is 0 Å². The van der Waals surface area contributed by atoms with Crippen molar-refractivity contribution >= 4 is 11.8 Å². The van der Waals surface area contributed by atoms with Crippen molar-refractivity contribution in [2.45, 2.75) is 44.9 Å². The zero-order chi connectivity index (χ0) is 21.5. The van der Waals surface area contributed by atoms with E-state index in [1.165, 1.54) is 6.42 Å². The van der Waals surface area contributed by atoms with Crippen LogP contribution in [0.2, 0.25) is 0 Å². The number of rotatable bonds is 7. The minimum atomic E-state index is -0.000522. The maximum atomic E-state index is 12.6. The molecule has 1 saturated heterocycles. The summed E-state index contributed by atoms with van der Waals surface area (Å²) in [6.45, 7) is 2.05. The number of amides is 2. The molecule has 0 unspecified atom stereocenters. The fourth-order valence-corrected chi connectivity index (χ4v) is 4.45. The van der Waals surface area contributed by atoms with Gasteiger partial charge in [0.05, 0.1) is 30.7 Å². The van der Waals surface area contributed by atoms with E-state index in [1.807, 2.05) is 23.1 Å². The van der Waals surface area contributed by atoms with E-state index in [2.05, 4.69) is 20.5 Å². The van der Waals surface area contributed by atoms with Crippen molar-refractivity contribution in [2.75, 3.05) is 26.2 Å². The molecule has 166 valence electrons. The van der Waals surface area contributed by atoms with Crippen molar-refractivity contribution in [3.05, 3.63) is 30.6 Å². The summed E-state index contributed by atoms with van der Waals surface area (Å²) in [5, 5.41) is 9.69. The molecule has 1 aliphatic heterocycles. The Kier molecular flexibility index (Phi) is 7.17. The van der Waals surface area contributed by atoms with Crippen LogP contribution in [0, 0.1) is 11.8 Å². The van der Waals surface area contributed by atoms with Crippen molar-refractivity contribution in [2.24, 2.45) is 11.8 Å². The van der Waals surface area contributed by atoms with Crippen LogP contribution in [0.25, 0.3) is 11.4 Å². The molecule has 2 amide bonds. The second-order valence-electron chi connectivity index (χ2n) is 8.56. The number of ether oxygens (including phenoxy) is 1. The summed E-state index contributed by atoms with van der Waals surface area (Å²) in [5.74, 6) is 1.11. The molecule has 0 bridgehead atoms. The molecular weight excluding hydrogens is 394 g/mol. The highest BCUT2D eigenvalue weighted by molar-refractivity contribution is 5.85. The Morgan fingerprint density at radius 3 is 2.74 bits per heavy atom. The molecule has 0 aromatic carbocycles. The van der Waals surface area contributed by atoms with E-state index in [4.69, 9.17) is 4.74 Å². The lowest BCUT2D eigenvalue weighted by Gasteiger charge is -2.33. The zero-order valence-corrected chi connectivity index (χ0v) is 17.9. The van der Waals surface area contributed by atoms with Gasteiger partial charge in [-0.2, -0.15) is 5.10 Å². The summed E-state index contributed by atoms with van der Waals surface area (Å²) in [5.41, 5.74) is 1.68. The molecule has 1 atom stereocenters. The number of hydrogen-bond acceptors (Lipinski definition) is 5. The number of aromatic amines is 1. The number of likely N-dealkylation sites (tertiary alicyclic amines) is 1. The fourth-order valence-electron chi connectivity index (χ4n) is 4.45. The standard InChI is InChI=1S/C23H31N5O3/c29-22(14-25-23(30)18-6-2-1-3-7-18)28-12-4-5-17(15-28)16-31-19-8-9-20(24-13-19)21-10-11-26-27-21/h8-11,13,17-18H,1-7,12,14-16H2,(H,25,30)(H,26,27)/t17-/m1/s1. The highest BCUT2D eigenvalue weighted by Gasteiger charge is 2.26. The summed E-state index contributed by atoms with van der Waals surface area (Å²) < 4.78 is 5.93. The monoisotopic (exact) mass is 425 g/mol. The summed E-state index contributed by atoms with van der Waals surface area (Å²) in [7, 11) is 0. The van der Waals surface area contributed by atoms with Gasteiger partial charge in [-0.25, -0.2) is 0 Å². The average Bonchev–Trinajstić information content (AvgIpc) is 3.37. The first-order valence-corrected chi connectivity index (χ1v) is 11.3. The molecule has 0 radical (unpaired) electrons. The normalized spacial score (nSPS) is 19.7. The molecule has 2 aliphatic rings. The van der Waals surface area contributed by atoms with Crippen molar-refractivity contribution in [3.63, 3.8) is 0 Å². The zero-order valence-electron chi connectivity index (χ0n) is 17.9. The first kappa shape index (κ1) is 21.3. The quantitative estimate of drug-likeness (QED) is 0.711. The number of pyridine rings is 1. The summed E-state index contributed by atoms with van der Waals surface area (Å²) in [6, 6.07) is 5.67. The van der Waals surface area contributed by atoms with E-state index < -0.39 is 0 Å². The maximum absolute atomic E-state index is 12.6. The molecule has 3 heterocycles. The first-order chi connectivity index (χ1) is 15.2. The van der Waals surface area contributed by atoms with Gasteiger partial charge in [-0.1, -0.05) is 19.3 Å². The lowest BCUT2D eigenvalue weighted by atomic mass is 9.89. The van der Waals surface area contributed by atoms with Crippen LogP contribution in [0.3, 0.4) is 0 Å². The number of nitrogens with zero attached hydrogens (tertiary/aromatic N) is 3. The van der Waals surface area contributed by atoms with E-state index in [1.54, 1.807) is 12.4 Å². The molecule has 8 heteroatoms. The van der Waals surface area contributed by atoms with Crippen molar-refractivity contribution in [3.8, 4) is 17.1 Å². The summed E-state index contributed by atoms with van der Waals surface area (Å²) in [4.78, 5) is 31.2. The van der Waals surface area contributed by atoms with Gasteiger partial charge in [0.25, 0.3) is 0 Å². The average molecular weight is 426 g/mol. The van der Waals surface area contributed by atoms with E-state index in [-0.39, 0.29) is 30.2 Å². The van der Waals surface area contributed by atoms with Gasteiger partial charge in [0.1, 0.15) is 5.75 Å². The van der Waals surface area contributed by atoms with Crippen LogP contribution in [0.1, 0.15) is 44.9 Å². The van der Waals surface area contributed by atoms with Crippen LogP contribution in [-0.2, 0) is 9.59 Å². The van der Waals surface area contributed by atoms with Gasteiger partial charge < -0.3 is 15.0 Å². The van der Waals surface area contributed by atoms with Crippen LogP contribution in [-0.4, -0.2) is 58.1 Å². The lowest BCUT2D eigenvalue weighted by Crippen LogP contribution is -2.46. The Balaban J connectivity index is 1.21. The van der Waals surface area contributed by atoms with Crippen LogP contribution in [0.15, 0.2) is 30.6 Å². The van der Waals surface area contributed by atoms with Gasteiger partial charge in [0.2, 0.25) is 11.8 Å². The molecule has 2 N–H and O–H groups in total. The molecule has 1 saturated carbocycles. The molecule has 2 fully saturated rings. The molecule has 0 spiro atoms. The SMILES string of the molecule is O=C(NCC(=O)N1CCC[C@@H](COc2ccc(-c3ccn[nH]3)nc2)C1)C1CCCCC1. The predicted molar refractivity (Wildman–Crippen MR) is 116 cm³/mol. The highest BCUT2D eigenvalue weighted by atomic mass is 16.5. The third-order valence-electron chi connectivity index (χ3n) is 6.26. The summed E-state index contributed by atoms with van der Waals surface area (Å²) >= 11 is 0. The Hall–Kier alpha value is -2.90. The number of H-pyrrole nitrogens is 1. The number of carbonyl (C=O) groups excluding carboxylic acids is 2. The largest absolute Gasteiger partial charge is 0.492 e. The highest BCUT2D eigenvalue weighted by Crippen LogP contribution is 2.24. The minimum Gasteiger partial charge on any atom is -0.492 e. The van der Waals surface area contributed by atoms with Gasteiger partial charge in [0, 0.05) is 31.1 Å². The molecule has 2 aromatic rings. The van der Waals surface area contributed by atoms with Crippen molar-refractivity contribution in [1.29, 1.82) is 0 Å². The number of carbonyl (C=O) groups is 2. The van der Waals surface area contributed by atoms with Crippen LogP contribution in [0.5, 0.6) is 5.75 Å². The van der Waals surface area contributed by atoms with Gasteiger partial charge in [-0.15, -0.1) is 0 Å². The van der Waals surface area contributed by atoms with Crippen LogP contribution in [0.4, 0.5) is 0 Å². The van der Waals surface area contributed by atoms with Crippen molar-refractivity contribution < 1.29 is 14.3 Å². The lowest BCUT2D eigenvalue weighted by molar-refractivity contribution is -0.135. The maximum Gasteiger partial charge on any atom is 0.241 e. The molecule has 31 heavy (non-hydrogen) atoms. The van der Waals surface area contributed by atoms with Gasteiger partial charge >= 0.3 is 0 Å². The second kappa shape index (κ2) is 10.4. The Morgan fingerprint density at radius 1 is 1.13 bits per heavy atom. The second-order valence-corrected chi connectivity index (χ2v) is 8.56. The molecule has 4 rings (SSSR count). The van der Waals surface area contributed by atoms with Crippen LogP contribution < -0.4 is 10.1 Å². The third-order valence-corrected chi connectivity index (χ3v) is 6.26. The number of piperidine rings is 1. The first-order valence-electron chi connectivity index (χ1n) is 11.3. The fraction of sp³-hybridized carbons (Fsp3) is 0.565. The number of aromatic nitrogens is 3. The third kappa shape index (κ3) is 5.83. The Morgan fingerprint density at radius 2 is 2.00 bits per heavy atom. The van der Waals surface area contributed by atoms with E-state index in [0.29, 0.717) is 18.9 Å². The molecule has 1 aliphatic carbocycles. The smallest absolute Gasteiger partial charge is 0.241 e. The van der Waals surface area contributed by atoms with Gasteiger partial charge in [-0.05, 0) is 43.9 Å². The topological polar surface area (TPSA) is 100 Å². The van der Waals surface area contributed by atoms with Crippen LogP contribution >= 0.6 is 0 Å². The number of hydrogen-bond donors (Lipinski definition) is 2. The van der Waals surface area contributed by atoms with E-state index in [0.717, 1.165) is 56.5 Å². The van der Waals surface area contributed by atoms with Gasteiger partial charge in [-0.3, -0.25) is 19.7 Å². The summed E-state index contributed by atoms with van der Waals surface area (Å²) in [6.07, 6.45) is 10.7. The molecule has 8 nitrogen and oxygen atoms in total. The van der Waals surface area contributed by atoms with Gasteiger partial charge in [0.15, 0.2) is 0 Å². The molecular formula is C23H31N5O3. The Labute approximate surface area is 182 Å². The van der Waals surface area contributed by atoms with E-state index in [9.17, 15) is 9.59 Å². The molecule has 2 aromatic heterocycles.